The lowest BCUT2D eigenvalue weighted by Crippen LogP contribution is -2.52. The third-order valence-corrected chi connectivity index (χ3v) is 10.2. The number of hydrogen-bond donors (Lipinski definition) is 4. The number of carbonyl (C=O) groups excluding carboxylic acids is 2. The van der Waals surface area contributed by atoms with Gasteiger partial charge in [-0.15, -0.1) is 10.2 Å². The summed E-state index contributed by atoms with van der Waals surface area (Å²) in [5.74, 6) is -4.00. The highest BCUT2D eigenvalue weighted by Gasteiger charge is 2.47. The summed E-state index contributed by atoms with van der Waals surface area (Å²) in [6.45, 7) is 0.691. The Morgan fingerprint density at radius 2 is 1.76 bits per heavy atom. The van der Waals surface area contributed by atoms with Gasteiger partial charge in [-0.25, -0.2) is 8.78 Å². The van der Waals surface area contributed by atoms with Gasteiger partial charge in [-0.05, 0) is 74.4 Å². The van der Waals surface area contributed by atoms with Crippen LogP contribution < -0.4 is 16.4 Å². The summed E-state index contributed by atoms with van der Waals surface area (Å²) in [5, 5.41) is 28.7. The van der Waals surface area contributed by atoms with E-state index in [1.165, 1.54) is 0 Å². The summed E-state index contributed by atoms with van der Waals surface area (Å²) < 4.78 is 33.5. The molecule has 0 bridgehead atoms. The van der Waals surface area contributed by atoms with Crippen LogP contribution in [0.5, 0.6) is 5.75 Å². The second kappa shape index (κ2) is 13.6. The molecule has 4 aromatic rings. The molecule has 0 spiro atoms. The fourth-order valence-electron chi connectivity index (χ4n) is 7.56. The number of piperidine rings is 2. The SMILES string of the molecule is Nc1nnc(-c2ccccc2O)cc1-c1cnn(C2CCC(N3CC[C@H](c4cccc(CN[C@@H]5CCC(=O)NC5=O)c4)C(F)(F)C3)CC2)c1. The summed E-state index contributed by atoms with van der Waals surface area (Å²) >= 11 is 0. The lowest BCUT2D eigenvalue weighted by Gasteiger charge is -2.44. The molecule has 4 heterocycles. The van der Waals surface area contributed by atoms with Crippen LogP contribution in [-0.4, -0.2) is 72.9 Å². The second-order valence-corrected chi connectivity index (χ2v) is 13.4. The average molecular weight is 671 g/mol. The van der Waals surface area contributed by atoms with Gasteiger partial charge in [0.05, 0.1) is 36.4 Å². The summed E-state index contributed by atoms with van der Waals surface area (Å²) in [7, 11) is 0. The number of nitrogen functional groups attached to an aromatic ring is 1. The van der Waals surface area contributed by atoms with Crippen molar-refractivity contribution in [2.75, 3.05) is 18.8 Å². The third-order valence-electron chi connectivity index (χ3n) is 10.2. The van der Waals surface area contributed by atoms with Gasteiger partial charge in [-0.2, -0.15) is 5.10 Å². The minimum atomic E-state index is -2.88. The van der Waals surface area contributed by atoms with Crippen LogP contribution in [0.25, 0.3) is 22.4 Å². The minimum Gasteiger partial charge on any atom is -0.507 e. The van der Waals surface area contributed by atoms with Crippen LogP contribution in [0.15, 0.2) is 67.0 Å². The van der Waals surface area contributed by atoms with Gasteiger partial charge < -0.3 is 16.2 Å². The molecule has 2 saturated heterocycles. The number of aromatic hydroxyl groups is 1. The number of phenolic OH excluding ortho intramolecular Hbond substituents is 1. The molecule has 2 aromatic carbocycles. The molecule has 2 amide bonds. The molecule has 0 unspecified atom stereocenters. The zero-order valence-corrected chi connectivity index (χ0v) is 27.1. The Bertz CT molecular complexity index is 1840. The molecule has 256 valence electrons. The van der Waals surface area contributed by atoms with E-state index in [1.807, 2.05) is 34.0 Å². The summed E-state index contributed by atoms with van der Waals surface area (Å²) in [6, 6.07) is 15.7. The molecular formula is C36H40F2N8O3. The van der Waals surface area contributed by atoms with Gasteiger partial charge in [0.2, 0.25) is 11.8 Å². The fourth-order valence-corrected chi connectivity index (χ4v) is 7.56. The lowest BCUT2D eigenvalue weighted by atomic mass is 9.83. The number of amides is 2. The second-order valence-electron chi connectivity index (χ2n) is 13.4. The van der Waals surface area contributed by atoms with Gasteiger partial charge in [-0.3, -0.25) is 24.5 Å². The van der Waals surface area contributed by atoms with E-state index in [-0.39, 0.29) is 48.4 Å². The Balaban J connectivity index is 0.947. The zero-order valence-electron chi connectivity index (χ0n) is 27.1. The van der Waals surface area contributed by atoms with Crippen LogP contribution in [0, 0.1) is 0 Å². The van der Waals surface area contributed by atoms with Gasteiger partial charge in [0.25, 0.3) is 5.92 Å². The number of alkyl halides is 2. The highest BCUT2D eigenvalue weighted by Crippen LogP contribution is 2.43. The van der Waals surface area contributed by atoms with Gasteiger partial charge in [-0.1, -0.05) is 36.4 Å². The van der Waals surface area contributed by atoms with Crippen LogP contribution in [0.2, 0.25) is 0 Å². The van der Waals surface area contributed by atoms with Crippen molar-refractivity contribution in [3.05, 3.63) is 78.1 Å². The van der Waals surface area contributed by atoms with Crippen LogP contribution in [0.1, 0.15) is 68.0 Å². The summed E-state index contributed by atoms with van der Waals surface area (Å²) in [5.41, 5.74) is 10.2. The number of hydrogen-bond acceptors (Lipinski definition) is 9. The lowest BCUT2D eigenvalue weighted by molar-refractivity contribution is -0.134. The molecule has 1 saturated carbocycles. The molecule has 2 atom stereocenters. The zero-order chi connectivity index (χ0) is 34.1. The van der Waals surface area contributed by atoms with Gasteiger partial charge in [0.15, 0.2) is 5.82 Å². The number of imide groups is 1. The first-order chi connectivity index (χ1) is 23.6. The molecule has 3 aliphatic rings. The average Bonchev–Trinajstić information content (AvgIpc) is 3.58. The van der Waals surface area contributed by atoms with Crippen LogP contribution in [0.3, 0.4) is 0 Å². The fraction of sp³-hybridized carbons (Fsp3) is 0.417. The van der Waals surface area contributed by atoms with E-state index in [1.54, 1.807) is 42.6 Å². The van der Waals surface area contributed by atoms with Crippen molar-refractivity contribution in [1.29, 1.82) is 0 Å². The van der Waals surface area contributed by atoms with E-state index in [4.69, 9.17) is 5.73 Å². The maximum Gasteiger partial charge on any atom is 0.267 e. The minimum absolute atomic E-state index is 0.0864. The van der Waals surface area contributed by atoms with Crippen molar-refractivity contribution in [1.82, 2.24) is 35.5 Å². The number of benzene rings is 2. The smallest absolute Gasteiger partial charge is 0.267 e. The van der Waals surface area contributed by atoms with Crippen molar-refractivity contribution in [2.24, 2.45) is 0 Å². The monoisotopic (exact) mass is 670 g/mol. The number of nitrogens with one attached hydrogen (secondary N) is 2. The molecule has 7 rings (SSSR count). The Hall–Kier alpha value is -4.75. The van der Waals surface area contributed by atoms with Gasteiger partial charge >= 0.3 is 0 Å². The number of halogens is 2. The number of anilines is 1. The first-order valence-electron chi connectivity index (χ1n) is 16.9. The normalized spacial score (nSPS) is 24.4. The topological polar surface area (TPSA) is 151 Å². The van der Waals surface area contributed by atoms with Crippen LogP contribution in [-0.2, 0) is 16.1 Å². The predicted octanol–water partition coefficient (Wildman–Crippen LogP) is 4.80. The molecule has 11 nitrogen and oxygen atoms in total. The molecule has 2 aliphatic heterocycles. The van der Waals surface area contributed by atoms with E-state index in [0.29, 0.717) is 48.3 Å². The Labute approximate surface area is 282 Å². The molecule has 5 N–H and O–H groups in total. The predicted molar refractivity (Wildman–Crippen MR) is 179 cm³/mol. The Morgan fingerprint density at radius 3 is 2.53 bits per heavy atom. The quantitative estimate of drug-likeness (QED) is 0.194. The molecule has 2 aromatic heterocycles. The largest absolute Gasteiger partial charge is 0.507 e. The van der Waals surface area contributed by atoms with Crippen molar-refractivity contribution >= 4 is 17.6 Å². The molecule has 0 radical (unpaired) electrons. The highest BCUT2D eigenvalue weighted by molar-refractivity contribution is 6.00. The first kappa shape index (κ1) is 32.8. The Kier molecular flexibility index (Phi) is 9.12. The third kappa shape index (κ3) is 7.04. The molecular weight excluding hydrogens is 630 g/mol. The van der Waals surface area contributed by atoms with E-state index >= 15 is 8.78 Å². The number of carbonyl (C=O) groups is 2. The van der Waals surface area contributed by atoms with Crippen LogP contribution >= 0.6 is 0 Å². The summed E-state index contributed by atoms with van der Waals surface area (Å²) in [6.07, 6.45) is 8.02. The molecule has 49 heavy (non-hydrogen) atoms. The number of aromatic nitrogens is 4. The van der Waals surface area contributed by atoms with Crippen molar-refractivity contribution in [3.8, 4) is 28.1 Å². The number of nitrogens with zero attached hydrogens (tertiary/aromatic N) is 5. The first-order valence-corrected chi connectivity index (χ1v) is 16.9. The van der Waals surface area contributed by atoms with Crippen molar-refractivity contribution in [2.45, 2.75) is 81.5 Å². The van der Waals surface area contributed by atoms with Gasteiger partial charge in [0, 0.05) is 41.9 Å². The Morgan fingerprint density at radius 1 is 0.959 bits per heavy atom. The van der Waals surface area contributed by atoms with E-state index in [0.717, 1.165) is 36.8 Å². The molecule has 1 aliphatic carbocycles. The number of nitrogens with two attached hydrogens (primary N) is 1. The number of rotatable bonds is 8. The van der Waals surface area contributed by atoms with E-state index in [2.05, 4.69) is 25.9 Å². The summed E-state index contributed by atoms with van der Waals surface area (Å²) in [4.78, 5) is 25.5. The number of likely N-dealkylation sites (tertiary alicyclic amines) is 1. The van der Waals surface area contributed by atoms with Crippen molar-refractivity contribution in [3.63, 3.8) is 0 Å². The maximum absolute atomic E-state index is 15.8. The number of para-hydroxylation sites is 1. The van der Waals surface area contributed by atoms with E-state index < -0.39 is 17.9 Å². The van der Waals surface area contributed by atoms with Crippen LogP contribution in [0.4, 0.5) is 14.6 Å². The van der Waals surface area contributed by atoms with Crippen molar-refractivity contribution < 1.29 is 23.5 Å². The molecule has 3 fully saturated rings. The standard InChI is InChI=1S/C36H40F2N8O3/c37-36(38)21-45(15-14-29(36)23-5-3-4-22(16-23)18-40-30-12-13-33(48)42-35(30)49)25-8-10-26(11-9-25)46-20-24(19-41-46)28-17-31(43-44-34(28)39)27-6-1-2-7-32(27)47/h1-7,16-17,19-20,25-26,29-30,40,47H,8-15,18,21H2,(H2,39,44)(H,42,48,49)/t25?,26?,29-,30-/m1/s1. The molecule has 13 heteroatoms. The van der Waals surface area contributed by atoms with Gasteiger partial charge in [0.1, 0.15) is 5.75 Å². The number of phenols is 1. The maximum atomic E-state index is 15.8. The van der Waals surface area contributed by atoms with E-state index in [9.17, 15) is 14.7 Å². The highest BCUT2D eigenvalue weighted by atomic mass is 19.3.